The summed E-state index contributed by atoms with van der Waals surface area (Å²) in [5, 5.41) is 15.0. The first-order valence-electron chi connectivity index (χ1n) is 12.9. The second-order valence-corrected chi connectivity index (χ2v) is 11.2. The molecule has 2 rings (SSSR count). The maximum absolute atomic E-state index is 5.61. The zero-order valence-electron chi connectivity index (χ0n) is 22.7. The topological polar surface area (TPSA) is 48.1 Å². The van der Waals surface area contributed by atoms with Gasteiger partial charge >= 0.3 is 0 Å². The van der Waals surface area contributed by atoms with Crippen LogP contribution in [0.3, 0.4) is 0 Å². The Morgan fingerprint density at radius 2 is 0.857 bits per heavy atom. The molecule has 6 heteroatoms. The van der Waals surface area contributed by atoms with E-state index >= 15 is 0 Å². The van der Waals surface area contributed by atoms with Crippen LogP contribution in [0.25, 0.3) is 0 Å². The van der Waals surface area contributed by atoms with Gasteiger partial charge in [0.2, 0.25) is 0 Å². The molecule has 0 saturated carbocycles. The molecule has 0 aliphatic rings. The van der Waals surface area contributed by atoms with Gasteiger partial charge in [-0.05, 0) is 76.8 Å². The van der Waals surface area contributed by atoms with Crippen LogP contribution in [-0.2, 0) is 0 Å². The van der Waals surface area contributed by atoms with Crippen LogP contribution in [-0.4, -0.2) is 23.3 Å². The summed E-state index contributed by atoms with van der Waals surface area (Å²) in [4.78, 5) is 0. The monoisotopic (exact) mass is 512 g/mol. The van der Waals surface area contributed by atoms with Crippen molar-refractivity contribution in [3.63, 3.8) is 0 Å². The van der Waals surface area contributed by atoms with Crippen LogP contribution in [0.4, 0.5) is 11.4 Å². The molecule has 0 atom stereocenters. The molecule has 4 nitrogen and oxygen atoms in total. The van der Waals surface area contributed by atoms with Crippen LogP contribution < -0.4 is 21.3 Å². The van der Waals surface area contributed by atoms with Gasteiger partial charge in [0.05, 0.1) is 0 Å². The molecule has 192 valence electrons. The Balaban J connectivity index is 1.87. The fourth-order valence-corrected chi connectivity index (χ4v) is 4.61. The minimum atomic E-state index is 0.425. The van der Waals surface area contributed by atoms with E-state index in [0.29, 0.717) is 33.9 Å². The Morgan fingerprint density at radius 3 is 1.11 bits per heavy atom. The lowest BCUT2D eigenvalue weighted by molar-refractivity contribution is 0.747. The number of thiocarbonyl (C=S) groups is 2. The molecule has 0 fully saturated rings. The molecule has 2 aromatic carbocycles. The van der Waals surface area contributed by atoms with Gasteiger partial charge in [-0.3, -0.25) is 0 Å². The van der Waals surface area contributed by atoms with Gasteiger partial charge in [0.15, 0.2) is 10.2 Å². The predicted octanol–water partition coefficient (Wildman–Crippen LogP) is 7.84. The molecule has 0 unspecified atom stereocenters. The zero-order chi connectivity index (χ0) is 26.1. The molecule has 0 aliphatic carbocycles. The van der Waals surface area contributed by atoms with Crippen LogP contribution in [0, 0.1) is 0 Å². The molecule has 0 amide bonds. The second kappa shape index (κ2) is 13.8. The number of para-hydroxylation sites is 2. The summed E-state index contributed by atoms with van der Waals surface area (Å²) in [6.45, 7) is 19.3. The van der Waals surface area contributed by atoms with Gasteiger partial charge in [0.1, 0.15) is 0 Å². The quantitative estimate of drug-likeness (QED) is 0.192. The highest BCUT2D eigenvalue weighted by Crippen LogP contribution is 2.33. The van der Waals surface area contributed by atoms with Crippen molar-refractivity contribution in [1.82, 2.24) is 10.6 Å². The number of hydrogen-bond donors (Lipinski definition) is 4. The van der Waals surface area contributed by atoms with Crippen LogP contribution in [0.5, 0.6) is 0 Å². The van der Waals surface area contributed by atoms with Crippen molar-refractivity contribution in [2.45, 2.75) is 85.5 Å². The van der Waals surface area contributed by atoms with E-state index in [9.17, 15) is 0 Å². The summed E-state index contributed by atoms with van der Waals surface area (Å²) in [6.07, 6.45) is 0.898. The highest BCUT2D eigenvalue weighted by atomic mass is 32.1. The lowest BCUT2D eigenvalue weighted by atomic mass is 9.93. The molecule has 0 radical (unpaired) electrons. The normalized spacial score (nSPS) is 11.3. The fraction of sp³-hybridized carbons (Fsp3) is 0.517. The van der Waals surface area contributed by atoms with Crippen molar-refractivity contribution in [3.8, 4) is 0 Å². The number of hydrogen-bond acceptors (Lipinski definition) is 2. The highest BCUT2D eigenvalue weighted by Gasteiger charge is 2.16. The molecule has 0 aromatic heterocycles. The van der Waals surface area contributed by atoms with Gasteiger partial charge in [-0.1, -0.05) is 91.8 Å². The summed E-state index contributed by atoms with van der Waals surface area (Å²) in [5.74, 6) is 1.70. The molecular formula is C29H44N4S2. The predicted molar refractivity (Wildman–Crippen MR) is 162 cm³/mol. The lowest BCUT2D eigenvalue weighted by Crippen LogP contribution is -2.34. The van der Waals surface area contributed by atoms with E-state index in [0.717, 1.165) is 30.9 Å². The third-order valence-corrected chi connectivity index (χ3v) is 6.64. The Hall–Kier alpha value is -2.18. The number of anilines is 2. The number of benzene rings is 2. The van der Waals surface area contributed by atoms with Gasteiger partial charge < -0.3 is 21.3 Å². The van der Waals surface area contributed by atoms with Crippen molar-refractivity contribution in [2.75, 3.05) is 23.7 Å². The van der Waals surface area contributed by atoms with Crippen molar-refractivity contribution in [2.24, 2.45) is 0 Å². The van der Waals surface area contributed by atoms with Crippen molar-refractivity contribution < 1.29 is 0 Å². The standard InChI is InChI=1S/C29H44N4S2/c1-18(2)22-12-9-13-23(19(3)4)26(22)32-28(34)30-16-11-17-31-29(35)33-27-24(20(5)6)14-10-15-25(27)21(7)8/h9-10,12-15,18-21H,11,16-17H2,1-8H3,(H2,30,32,34)(H2,31,33,35). The molecule has 2 aromatic rings. The average molecular weight is 513 g/mol. The van der Waals surface area contributed by atoms with Gasteiger partial charge in [-0.25, -0.2) is 0 Å². The minimum absolute atomic E-state index is 0.425. The Kier molecular flexibility index (Phi) is 11.4. The van der Waals surface area contributed by atoms with Crippen LogP contribution >= 0.6 is 24.4 Å². The first kappa shape index (κ1) is 29.1. The smallest absolute Gasteiger partial charge is 0.170 e. The first-order chi connectivity index (χ1) is 16.5. The minimum Gasteiger partial charge on any atom is -0.362 e. The lowest BCUT2D eigenvalue weighted by Gasteiger charge is -2.22. The molecular weight excluding hydrogens is 468 g/mol. The average Bonchev–Trinajstić information content (AvgIpc) is 2.78. The molecule has 0 bridgehead atoms. The molecule has 0 saturated heterocycles. The maximum Gasteiger partial charge on any atom is 0.170 e. The van der Waals surface area contributed by atoms with E-state index < -0.39 is 0 Å². The molecule has 35 heavy (non-hydrogen) atoms. The van der Waals surface area contributed by atoms with Crippen LogP contribution in [0.2, 0.25) is 0 Å². The van der Waals surface area contributed by atoms with Crippen molar-refractivity contribution >= 4 is 46.0 Å². The van der Waals surface area contributed by atoms with E-state index in [2.05, 4.69) is 113 Å². The van der Waals surface area contributed by atoms with E-state index in [1.165, 1.54) is 22.3 Å². The first-order valence-corrected chi connectivity index (χ1v) is 13.7. The molecule has 4 N–H and O–H groups in total. The third kappa shape index (κ3) is 8.46. The molecule has 0 heterocycles. The summed E-state index contributed by atoms with van der Waals surface area (Å²) in [7, 11) is 0. The van der Waals surface area contributed by atoms with Crippen molar-refractivity contribution in [1.29, 1.82) is 0 Å². The summed E-state index contributed by atoms with van der Waals surface area (Å²) < 4.78 is 0. The van der Waals surface area contributed by atoms with Crippen LogP contribution in [0.15, 0.2) is 36.4 Å². The van der Waals surface area contributed by atoms with Gasteiger partial charge in [-0.2, -0.15) is 0 Å². The fourth-order valence-electron chi connectivity index (χ4n) is 4.20. The highest BCUT2D eigenvalue weighted by molar-refractivity contribution is 7.80. The van der Waals surface area contributed by atoms with Crippen LogP contribution in [0.1, 0.15) is 108 Å². The van der Waals surface area contributed by atoms with Gasteiger partial charge in [0.25, 0.3) is 0 Å². The Bertz CT molecular complexity index is 864. The van der Waals surface area contributed by atoms with Gasteiger partial charge in [0, 0.05) is 24.5 Å². The SMILES string of the molecule is CC(C)c1cccc(C(C)C)c1NC(=S)NCCCNC(=S)Nc1c(C(C)C)cccc1C(C)C. The Labute approximate surface area is 224 Å². The largest absolute Gasteiger partial charge is 0.362 e. The summed E-state index contributed by atoms with van der Waals surface area (Å²) >= 11 is 11.2. The number of rotatable bonds is 10. The number of nitrogens with one attached hydrogen (secondary N) is 4. The van der Waals surface area contributed by atoms with Gasteiger partial charge in [-0.15, -0.1) is 0 Å². The third-order valence-electron chi connectivity index (χ3n) is 6.15. The van der Waals surface area contributed by atoms with Crippen molar-refractivity contribution in [3.05, 3.63) is 58.7 Å². The summed E-state index contributed by atoms with van der Waals surface area (Å²) in [5.41, 5.74) is 7.45. The maximum atomic E-state index is 5.61. The van der Waals surface area contributed by atoms with E-state index in [4.69, 9.17) is 24.4 Å². The van der Waals surface area contributed by atoms with E-state index in [1.54, 1.807) is 0 Å². The molecule has 0 spiro atoms. The second-order valence-electron chi connectivity index (χ2n) is 10.4. The zero-order valence-corrected chi connectivity index (χ0v) is 24.3. The Morgan fingerprint density at radius 1 is 0.571 bits per heavy atom. The summed E-state index contributed by atoms with van der Waals surface area (Å²) in [6, 6.07) is 13.0. The van der Waals surface area contributed by atoms with E-state index in [-0.39, 0.29) is 0 Å². The van der Waals surface area contributed by atoms with E-state index in [1.807, 2.05) is 0 Å². The molecule has 0 aliphatic heterocycles.